The predicted molar refractivity (Wildman–Crippen MR) is 46.8 cm³/mol. The second-order valence-corrected chi connectivity index (χ2v) is 2.62. The van der Waals surface area contributed by atoms with Crippen LogP contribution in [0.2, 0.25) is 0 Å². The smallest absolute Gasteiger partial charge is 0.310 e. The normalized spacial score (nSPS) is 11.5. The van der Waals surface area contributed by atoms with Crippen LogP contribution in [0.5, 0.6) is 0 Å². The van der Waals surface area contributed by atoms with Crippen LogP contribution in [0, 0.1) is 0 Å². The highest BCUT2D eigenvalue weighted by Gasteiger charge is 2.08. The highest BCUT2D eigenvalue weighted by molar-refractivity contribution is 5.70. The van der Waals surface area contributed by atoms with Gasteiger partial charge in [0.15, 0.2) is 0 Å². The van der Waals surface area contributed by atoms with E-state index in [9.17, 15) is 9.59 Å². The zero-order valence-corrected chi connectivity index (χ0v) is 7.91. The summed E-state index contributed by atoms with van der Waals surface area (Å²) in [5.41, 5.74) is 0. The number of hydrogen-bond donors (Lipinski definition) is 0. The van der Waals surface area contributed by atoms with Gasteiger partial charge in [-0.2, -0.15) is 0 Å². The van der Waals surface area contributed by atoms with Crippen LogP contribution in [0.25, 0.3) is 0 Å². The average molecular weight is 186 g/mol. The lowest BCUT2D eigenvalue weighted by molar-refractivity contribution is -0.148. The topological polar surface area (TPSA) is 52.6 Å². The summed E-state index contributed by atoms with van der Waals surface area (Å²) >= 11 is 0. The molecule has 0 aromatic heterocycles. The largest absolute Gasteiger partial charge is 0.463 e. The Kier molecular flexibility index (Phi) is 5.59. The molecule has 0 fully saturated rings. The Morgan fingerprint density at radius 3 is 2.62 bits per heavy atom. The highest BCUT2D eigenvalue weighted by atomic mass is 16.5. The van der Waals surface area contributed by atoms with E-state index in [1.807, 2.05) is 0 Å². The summed E-state index contributed by atoms with van der Waals surface area (Å²) in [5.74, 6) is -0.710. The van der Waals surface area contributed by atoms with Gasteiger partial charge < -0.3 is 9.47 Å². The average Bonchev–Trinajstić information content (AvgIpc) is 2.00. The van der Waals surface area contributed by atoms with E-state index in [0.717, 1.165) is 6.26 Å². The molecule has 4 heteroatoms. The van der Waals surface area contributed by atoms with Crippen molar-refractivity contribution < 1.29 is 19.1 Å². The van der Waals surface area contributed by atoms with Crippen molar-refractivity contribution in [2.45, 2.75) is 32.8 Å². The van der Waals surface area contributed by atoms with Gasteiger partial charge >= 0.3 is 11.9 Å². The lowest BCUT2D eigenvalue weighted by Crippen LogP contribution is -2.14. The van der Waals surface area contributed by atoms with Crippen LogP contribution in [-0.2, 0) is 19.1 Å². The maximum absolute atomic E-state index is 10.8. The number of esters is 2. The molecule has 0 aromatic carbocycles. The van der Waals surface area contributed by atoms with Crippen molar-refractivity contribution in [1.82, 2.24) is 0 Å². The van der Waals surface area contributed by atoms with Crippen LogP contribution in [0.3, 0.4) is 0 Å². The first kappa shape index (κ1) is 11.7. The minimum Gasteiger partial charge on any atom is -0.463 e. The molecule has 0 bridgehead atoms. The highest BCUT2D eigenvalue weighted by Crippen LogP contribution is 2.03. The Hall–Kier alpha value is -1.32. The van der Waals surface area contributed by atoms with E-state index in [1.54, 1.807) is 6.92 Å². The number of ether oxygens (including phenoxy) is 2. The van der Waals surface area contributed by atoms with Crippen molar-refractivity contribution >= 4 is 11.9 Å². The summed E-state index contributed by atoms with van der Waals surface area (Å²) in [6.07, 6.45) is 1.51. The van der Waals surface area contributed by atoms with Crippen LogP contribution >= 0.6 is 0 Å². The minimum absolute atomic E-state index is 0.223. The maximum atomic E-state index is 10.8. The molecule has 0 rings (SSSR count). The van der Waals surface area contributed by atoms with Crippen molar-refractivity contribution in [3.8, 4) is 0 Å². The molecular weight excluding hydrogens is 172 g/mol. The molecule has 1 unspecified atom stereocenters. The molecular formula is C9H14O4. The van der Waals surface area contributed by atoms with E-state index in [0.29, 0.717) is 6.42 Å². The molecule has 0 saturated carbocycles. The van der Waals surface area contributed by atoms with E-state index in [-0.39, 0.29) is 24.5 Å². The van der Waals surface area contributed by atoms with Crippen molar-refractivity contribution in [2.75, 3.05) is 0 Å². The summed E-state index contributed by atoms with van der Waals surface area (Å²) < 4.78 is 9.29. The van der Waals surface area contributed by atoms with Gasteiger partial charge in [-0.1, -0.05) is 6.58 Å². The fourth-order valence-corrected chi connectivity index (χ4v) is 0.815. The molecule has 0 heterocycles. The molecule has 0 aliphatic heterocycles. The first-order chi connectivity index (χ1) is 6.06. The monoisotopic (exact) mass is 186 g/mol. The third kappa shape index (κ3) is 7.05. The first-order valence-electron chi connectivity index (χ1n) is 4.04. The second-order valence-electron chi connectivity index (χ2n) is 2.62. The summed E-state index contributed by atoms with van der Waals surface area (Å²) in [6.45, 7) is 6.30. The molecule has 4 nitrogen and oxygen atoms in total. The Morgan fingerprint density at radius 2 is 2.15 bits per heavy atom. The molecule has 1 atom stereocenters. The molecule has 0 aliphatic carbocycles. The van der Waals surface area contributed by atoms with Crippen LogP contribution < -0.4 is 0 Å². The van der Waals surface area contributed by atoms with E-state index >= 15 is 0 Å². The van der Waals surface area contributed by atoms with E-state index in [2.05, 4.69) is 11.3 Å². The fraction of sp³-hybridized carbons (Fsp3) is 0.556. The van der Waals surface area contributed by atoms with Gasteiger partial charge in [0.1, 0.15) is 0 Å². The fourth-order valence-electron chi connectivity index (χ4n) is 0.815. The van der Waals surface area contributed by atoms with Crippen LogP contribution in [0.15, 0.2) is 12.8 Å². The number of carbonyl (C=O) groups excluding carboxylic acids is 2. The van der Waals surface area contributed by atoms with Crippen molar-refractivity contribution in [3.63, 3.8) is 0 Å². The van der Waals surface area contributed by atoms with Crippen molar-refractivity contribution in [3.05, 3.63) is 12.8 Å². The third-order valence-electron chi connectivity index (χ3n) is 1.34. The minimum atomic E-state index is -0.367. The molecule has 74 valence electrons. The third-order valence-corrected chi connectivity index (χ3v) is 1.34. The summed E-state index contributed by atoms with van der Waals surface area (Å²) in [6, 6.07) is 0. The number of rotatable bonds is 5. The van der Waals surface area contributed by atoms with Gasteiger partial charge in [0.2, 0.25) is 0 Å². The summed E-state index contributed by atoms with van der Waals surface area (Å²) in [4.78, 5) is 21.3. The van der Waals surface area contributed by atoms with Crippen LogP contribution in [0.1, 0.15) is 26.7 Å². The van der Waals surface area contributed by atoms with E-state index in [4.69, 9.17) is 4.74 Å². The quantitative estimate of drug-likeness (QED) is 0.481. The second kappa shape index (κ2) is 6.22. The van der Waals surface area contributed by atoms with Gasteiger partial charge in [-0.3, -0.25) is 9.59 Å². The summed E-state index contributed by atoms with van der Waals surface area (Å²) in [5, 5.41) is 0. The standard InChI is InChI=1S/C9H14O4/c1-4-12-9(11)6-5-7(2)13-8(3)10/h4,7H,1,5-6H2,2-3H3. The van der Waals surface area contributed by atoms with Gasteiger partial charge in [-0.25, -0.2) is 0 Å². The van der Waals surface area contributed by atoms with Gasteiger partial charge in [0, 0.05) is 13.3 Å². The Bertz CT molecular complexity index is 198. The van der Waals surface area contributed by atoms with Gasteiger partial charge in [0.05, 0.1) is 12.4 Å². The van der Waals surface area contributed by atoms with E-state index in [1.165, 1.54) is 6.92 Å². The maximum Gasteiger partial charge on any atom is 0.310 e. The van der Waals surface area contributed by atoms with Crippen LogP contribution in [-0.4, -0.2) is 18.0 Å². The Morgan fingerprint density at radius 1 is 1.54 bits per heavy atom. The molecule has 0 aromatic rings. The van der Waals surface area contributed by atoms with Crippen LogP contribution in [0.4, 0.5) is 0 Å². The Balaban J connectivity index is 3.56. The SMILES string of the molecule is C=COC(=O)CCC(C)OC(C)=O. The number of hydrogen-bond acceptors (Lipinski definition) is 4. The molecule has 0 aliphatic rings. The van der Waals surface area contributed by atoms with Gasteiger partial charge in [-0.15, -0.1) is 0 Å². The Labute approximate surface area is 77.5 Å². The lowest BCUT2D eigenvalue weighted by atomic mass is 10.2. The molecule has 0 spiro atoms. The summed E-state index contributed by atoms with van der Waals surface area (Å²) in [7, 11) is 0. The zero-order valence-electron chi connectivity index (χ0n) is 7.91. The molecule has 13 heavy (non-hydrogen) atoms. The number of carbonyl (C=O) groups is 2. The molecule has 0 radical (unpaired) electrons. The van der Waals surface area contributed by atoms with Gasteiger partial charge in [-0.05, 0) is 13.3 Å². The van der Waals surface area contributed by atoms with E-state index < -0.39 is 0 Å². The van der Waals surface area contributed by atoms with Crippen molar-refractivity contribution in [2.24, 2.45) is 0 Å². The molecule has 0 N–H and O–H groups in total. The predicted octanol–water partition coefficient (Wildman–Crippen LogP) is 1.40. The van der Waals surface area contributed by atoms with Gasteiger partial charge in [0.25, 0.3) is 0 Å². The zero-order chi connectivity index (χ0) is 10.3. The lowest BCUT2D eigenvalue weighted by Gasteiger charge is -2.09. The molecule has 0 amide bonds. The molecule has 0 saturated heterocycles. The van der Waals surface area contributed by atoms with Crippen molar-refractivity contribution in [1.29, 1.82) is 0 Å². The first-order valence-corrected chi connectivity index (χ1v) is 4.04.